The summed E-state index contributed by atoms with van der Waals surface area (Å²) >= 11 is 0. The first-order valence-corrected chi connectivity index (χ1v) is 5.13. The maximum absolute atomic E-state index is 5.60. The molecule has 0 aliphatic carbocycles. The Bertz CT molecular complexity index is 334. The smallest absolute Gasteiger partial charge is 0.142 e. The lowest BCUT2D eigenvalue weighted by Crippen LogP contribution is -2.10. The van der Waals surface area contributed by atoms with Crippen LogP contribution < -0.4 is 10.1 Å². The van der Waals surface area contributed by atoms with Crippen LogP contribution in [-0.4, -0.2) is 18.6 Å². The highest BCUT2D eigenvalue weighted by atomic mass is 16.5. The van der Waals surface area contributed by atoms with Gasteiger partial charge in [-0.25, -0.2) is 0 Å². The number of allylic oxidation sites excluding steroid dienone is 1. The van der Waals surface area contributed by atoms with Crippen LogP contribution in [0.5, 0.6) is 5.75 Å². The number of ether oxygens (including phenoxy) is 1. The Hall–Kier alpha value is -1.35. The van der Waals surface area contributed by atoms with Crippen LogP contribution in [0.3, 0.4) is 0 Å². The summed E-state index contributed by atoms with van der Waals surface area (Å²) < 4.78 is 5.60. The fraction of sp³-hybridized carbons (Fsp3) is 0.417. The molecule has 0 saturated carbocycles. The zero-order valence-corrected chi connectivity index (χ0v) is 9.58. The molecule has 3 nitrogen and oxygen atoms in total. The first-order chi connectivity index (χ1) is 7.27. The van der Waals surface area contributed by atoms with Gasteiger partial charge in [-0.2, -0.15) is 0 Å². The number of hydrogen-bond donors (Lipinski definition) is 1. The molecule has 0 bridgehead atoms. The largest absolute Gasteiger partial charge is 0.488 e. The molecule has 0 spiro atoms. The molecule has 1 N–H and O–H groups in total. The van der Waals surface area contributed by atoms with Gasteiger partial charge in [0.05, 0.1) is 5.69 Å². The summed E-state index contributed by atoms with van der Waals surface area (Å²) in [5, 5.41) is 3.08. The van der Waals surface area contributed by atoms with E-state index in [0.29, 0.717) is 6.61 Å². The average Bonchev–Trinajstić information content (AvgIpc) is 2.22. The second-order valence-electron chi connectivity index (χ2n) is 3.31. The van der Waals surface area contributed by atoms with Crippen molar-refractivity contribution in [1.82, 2.24) is 10.3 Å². The summed E-state index contributed by atoms with van der Waals surface area (Å²) in [4.78, 5) is 4.43. The molecule has 0 aliphatic rings. The summed E-state index contributed by atoms with van der Waals surface area (Å²) in [5.41, 5.74) is 1.97. The third kappa shape index (κ3) is 3.72. The lowest BCUT2D eigenvalue weighted by molar-refractivity contribution is 0.355. The summed E-state index contributed by atoms with van der Waals surface area (Å²) in [6, 6.07) is 3.93. The molecule has 1 aromatic heterocycles. The molecule has 0 amide bonds. The van der Waals surface area contributed by atoms with Gasteiger partial charge in [-0.05, 0) is 33.0 Å². The van der Waals surface area contributed by atoms with Gasteiger partial charge in [-0.1, -0.05) is 12.2 Å². The van der Waals surface area contributed by atoms with E-state index < -0.39 is 0 Å². The minimum absolute atomic E-state index is 0.595. The lowest BCUT2D eigenvalue weighted by Gasteiger charge is -2.09. The zero-order chi connectivity index (χ0) is 11.1. The predicted octanol–water partition coefficient (Wildman–Crippen LogP) is 2.06. The molecule has 0 aromatic carbocycles. The van der Waals surface area contributed by atoms with Crippen LogP contribution in [0.4, 0.5) is 0 Å². The van der Waals surface area contributed by atoms with Gasteiger partial charge < -0.3 is 10.1 Å². The Kier molecular flexibility index (Phi) is 4.84. The van der Waals surface area contributed by atoms with Crippen molar-refractivity contribution < 1.29 is 4.74 Å². The Morgan fingerprint density at radius 2 is 2.27 bits per heavy atom. The quantitative estimate of drug-likeness (QED) is 0.749. The zero-order valence-electron chi connectivity index (χ0n) is 9.58. The highest BCUT2D eigenvalue weighted by molar-refractivity contribution is 5.29. The number of aromatic nitrogens is 1. The summed E-state index contributed by atoms with van der Waals surface area (Å²) in [7, 11) is 1.90. The van der Waals surface area contributed by atoms with Crippen LogP contribution in [0.1, 0.15) is 18.3 Å². The molecule has 1 rings (SSSR count). The molecule has 1 heterocycles. The maximum Gasteiger partial charge on any atom is 0.142 e. The molecule has 0 atom stereocenters. The molecule has 0 radical (unpaired) electrons. The van der Waals surface area contributed by atoms with Gasteiger partial charge in [0.25, 0.3) is 0 Å². The van der Waals surface area contributed by atoms with E-state index in [1.807, 2.05) is 45.2 Å². The monoisotopic (exact) mass is 206 g/mol. The standard InChI is InChI=1S/C12H18N2O/c1-4-5-8-15-12-7-6-10(2)14-11(12)9-13-3/h4-7,13H,8-9H2,1-3H3. The molecule has 82 valence electrons. The van der Waals surface area contributed by atoms with Crippen LogP contribution in [0.2, 0.25) is 0 Å². The van der Waals surface area contributed by atoms with E-state index in [2.05, 4.69) is 10.3 Å². The number of aryl methyl sites for hydroxylation is 1. The predicted molar refractivity (Wildman–Crippen MR) is 62.0 cm³/mol. The molecule has 3 heteroatoms. The van der Waals surface area contributed by atoms with Gasteiger partial charge in [0.2, 0.25) is 0 Å². The molecule has 0 fully saturated rings. The van der Waals surface area contributed by atoms with Gasteiger partial charge in [0.15, 0.2) is 0 Å². The molecule has 0 unspecified atom stereocenters. The van der Waals surface area contributed by atoms with Crippen molar-refractivity contribution in [2.75, 3.05) is 13.7 Å². The maximum atomic E-state index is 5.60. The minimum atomic E-state index is 0.595. The van der Waals surface area contributed by atoms with Crippen LogP contribution in [0.15, 0.2) is 24.3 Å². The van der Waals surface area contributed by atoms with E-state index in [4.69, 9.17) is 4.74 Å². The number of nitrogens with zero attached hydrogens (tertiary/aromatic N) is 1. The van der Waals surface area contributed by atoms with E-state index in [9.17, 15) is 0 Å². The van der Waals surface area contributed by atoms with Crippen molar-refractivity contribution >= 4 is 0 Å². The van der Waals surface area contributed by atoms with E-state index in [0.717, 1.165) is 23.7 Å². The molecule has 15 heavy (non-hydrogen) atoms. The van der Waals surface area contributed by atoms with Crippen LogP contribution >= 0.6 is 0 Å². The Morgan fingerprint density at radius 1 is 1.47 bits per heavy atom. The number of rotatable bonds is 5. The SMILES string of the molecule is CC=CCOc1ccc(C)nc1CNC. The normalized spacial score (nSPS) is 10.9. The van der Waals surface area contributed by atoms with Crippen LogP contribution in [0.25, 0.3) is 0 Å². The Morgan fingerprint density at radius 3 is 2.93 bits per heavy atom. The van der Waals surface area contributed by atoms with Gasteiger partial charge >= 0.3 is 0 Å². The summed E-state index contributed by atoms with van der Waals surface area (Å²) in [6.45, 7) is 5.28. The average molecular weight is 206 g/mol. The molecular weight excluding hydrogens is 188 g/mol. The van der Waals surface area contributed by atoms with Crippen LogP contribution in [0, 0.1) is 6.92 Å². The third-order valence-corrected chi connectivity index (χ3v) is 1.99. The molecule has 0 aliphatic heterocycles. The number of pyridine rings is 1. The van der Waals surface area contributed by atoms with Gasteiger partial charge in [-0.15, -0.1) is 0 Å². The lowest BCUT2D eigenvalue weighted by atomic mass is 10.3. The highest BCUT2D eigenvalue weighted by Gasteiger charge is 2.03. The molecule has 1 aromatic rings. The number of hydrogen-bond acceptors (Lipinski definition) is 3. The van der Waals surface area contributed by atoms with Crippen molar-refractivity contribution in [2.24, 2.45) is 0 Å². The fourth-order valence-electron chi connectivity index (χ4n) is 1.26. The van der Waals surface area contributed by atoms with Gasteiger partial charge in [-0.3, -0.25) is 4.98 Å². The van der Waals surface area contributed by atoms with Crippen molar-refractivity contribution in [3.8, 4) is 5.75 Å². The minimum Gasteiger partial charge on any atom is -0.488 e. The first-order valence-electron chi connectivity index (χ1n) is 5.13. The van der Waals surface area contributed by atoms with E-state index >= 15 is 0 Å². The van der Waals surface area contributed by atoms with E-state index in [1.165, 1.54) is 0 Å². The summed E-state index contributed by atoms with van der Waals surface area (Å²) in [6.07, 6.45) is 3.95. The Labute approximate surface area is 91.2 Å². The second kappa shape index (κ2) is 6.19. The topological polar surface area (TPSA) is 34.1 Å². The van der Waals surface area contributed by atoms with Crippen molar-refractivity contribution in [3.63, 3.8) is 0 Å². The fourth-order valence-corrected chi connectivity index (χ4v) is 1.26. The number of nitrogens with one attached hydrogen (secondary N) is 1. The molecule has 0 saturated heterocycles. The Balaban J connectivity index is 2.75. The van der Waals surface area contributed by atoms with Gasteiger partial charge in [0.1, 0.15) is 12.4 Å². The van der Waals surface area contributed by atoms with Crippen molar-refractivity contribution in [2.45, 2.75) is 20.4 Å². The highest BCUT2D eigenvalue weighted by Crippen LogP contribution is 2.16. The molecular formula is C12H18N2O. The van der Waals surface area contributed by atoms with Crippen molar-refractivity contribution in [3.05, 3.63) is 35.7 Å². The summed E-state index contributed by atoms with van der Waals surface area (Å²) in [5.74, 6) is 0.855. The van der Waals surface area contributed by atoms with E-state index in [1.54, 1.807) is 0 Å². The first kappa shape index (κ1) is 11.7. The second-order valence-corrected chi connectivity index (χ2v) is 3.31. The van der Waals surface area contributed by atoms with Crippen LogP contribution in [-0.2, 0) is 6.54 Å². The van der Waals surface area contributed by atoms with E-state index in [-0.39, 0.29) is 0 Å². The van der Waals surface area contributed by atoms with Gasteiger partial charge in [0, 0.05) is 12.2 Å². The third-order valence-electron chi connectivity index (χ3n) is 1.99. The van der Waals surface area contributed by atoms with Crippen molar-refractivity contribution in [1.29, 1.82) is 0 Å².